The molecule has 7 nitrogen and oxygen atoms in total. The molecule has 2 aromatic carbocycles. The maximum Gasteiger partial charge on any atom is 0.161 e. The summed E-state index contributed by atoms with van der Waals surface area (Å²) >= 11 is 0. The Morgan fingerprint density at radius 1 is 1.09 bits per heavy atom. The molecule has 4 rings (SSSR count). The van der Waals surface area contributed by atoms with Crippen molar-refractivity contribution < 1.29 is 19.8 Å². The summed E-state index contributed by atoms with van der Waals surface area (Å²) in [7, 11) is 3.36. The van der Waals surface area contributed by atoms with Crippen LogP contribution in [0.4, 0.5) is 0 Å². The Morgan fingerprint density at radius 2 is 1.85 bits per heavy atom. The number of nitrogens with zero attached hydrogens (tertiary/aromatic N) is 3. The number of aromatic nitrogens is 1. The fraction of sp³-hybridized carbons (Fsp3) is 0.333. The molecule has 34 heavy (non-hydrogen) atoms. The van der Waals surface area contributed by atoms with Gasteiger partial charge in [0.05, 0.1) is 26.5 Å². The van der Waals surface area contributed by atoms with E-state index in [4.69, 9.17) is 14.7 Å². The molecule has 0 bridgehead atoms. The number of aryl methyl sites for hydroxylation is 1. The average Bonchev–Trinajstić information content (AvgIpc) is 2.87. The number of hydrogen-bond acceptors (Lipinski definition) is 7. The van der Waals surface area contributed by atoms with Gasteiger partial charge in [0.15, 0.2) is 11.5 Å². The maximum absolute atomic E-state index is 10.0. The summed E-state index contributed by atoms with van der Waals surface area (Å²) in [5, 5.41) is 21.6. The highest BCUT2D eigenvalue weighted by molar-refractivity contribution is 5.80. The zero-order valence-corrected chi connectivity index (χ0v) is 19.6. The van der Waals surface area contributed by atoms with E-state index in [1.165, 1.54) is 16.7 Å². The molecule has 0 radical (unpaired) electrons. The van der Waals surface area contributed by atoms with Crippen LogP contribution in [0, 0.1) is 0 Å². The van der Waals surface area contributed by atoms with E-state index in [-0.39, 0.29) is 17.5 Å². The largest absolute Gasteiger partial charge is 0.506 e. The minimum atomic E-state index is 0.0245. The Morgan fingerprint density at radius 3 is 2.56 bits per heavy atom. The number of fused-ring (bicyclic) bond motifs is 1. The van der Waals surface area contributed by atoms with Crippen LogP contribution in [0.5, 0.6) is 17.2 Å². The summed E-state index contributed by atoms with van der Waals surface area (Å²) < 4.78 is 11.2. The monoisotopic (exact) mass is 461 g/mol. The first kappa shape index (κ1) is 23.6. The molecular formula is C27H31N3O4. The number of ether oxygens (including phenoxy) is 2. The summed E-state index contributed by atoms with van der Waals surface area (Å²) in [6.07, 6.45) is 6.63. The number of oxime groups is 1. The third-order valence-electron chi connectivity index (χ3n) is 6.38. The topological polar surface area (TPSA) is 87.4 Å². The highest BCUT2D eigenvalue weighted by atomic mass is 16.5. The van der Waals surface area contributed by atoms with Gasteiger partial charge >= 0.3 is 0 Å². The lowest BCUT2D eigenvalue weighted by molar-refractivity contribution is 0.208. The molecule has 2 N–H and O–H groups in total. The van der Waals surface area contributed by atoms with E-state index in [2.05, 4.69) is 51.4 Å². The molecule has 0 fully saturated rings. The Kier molecular flexibility index (Phi) is 7.65. The molecule has 1 aliphatic heterocycles. The van der Waals surface area contributed by atoms with Crippen LogP contribution in [0.1, 0.15) is 46.8 Å². The van der Waals surface area contributed by atoms with Crippen molar-refractivity contribution in [2.75, 3.05) is 27.3 Å². The molecule has 1 atom stereocenters. The minimum Gasteiger partial charge on any atom is -0.506 e. The van der Waals surface area contributed by atoms with Crippen LogP contribution in [-0.2, 0) is 12.8 Å². The summed E-state index contributed by atoms with van der Waals surface area (Å²) in [5.74, 6) is 1.55. The van der Waals surface area contributed by atoms with Gasteiger partial charge < -0.3 is 19.8 Å². The van der Waals surface area contributed by atoms with E-state index in [9.17, 15) is 5.11 Å². The lowest BCUT2D eigenvalue weighted by Crippen LogP contribution is -2.37. The molecule has 0 aliphatic carbocycles. The standard InChI is InChI=1S/C27H31N3O4/c1-33-25-15-21-11-13-30(12-7-6-8-19-14-24(31)23(18-29-32)28-17-19)27(20-9-4-3-5-10-20)22(21)16-26(25)34-2/h3-5,9-10,14-18,27,31-32H,6-8,11-13H2,1-2H3/b29-18+. The van der Waals surface area contributed by atoms with Crippen molar-refractivity contribution in [2.45, 2.75) is 31.7 Å². The molecule has 0 amide bonds. The molecule has 0 saturated carbocycles. The molecule has 2 heterocycles. The Bertz CT molecular complexity index is 1130. The number of benzene rings is 2. The minimum absolute atomic E-state index is 0.0245. The van der Waals surface area contributed by atoms with E-state index in [0.29, 0.717) is 0 Å². The number of unbranched alkanes of at least 4 members (excludes halogenated alkanes) is 1. The van der Waals surface area contributed by atoms with Gasteiger partial charge in [0.2, 0.25) is 0 Å². The van der Waals surface area contributed by atoms with Gasteiger partial charge in [0.25, 0.3) is 0 Å². The van der Waals surface area contributed by atoms with E-state index in [1.807, 2.05) is 6.07 Å². The number of aromatic hydroxyl groups is 1. The number of methoxy groups -OCH3 is 2. The Balaban J connectivity index is 1.49. The second-order valence-corrected chi connectivity index (χ2v) is 8.45. The first-order valence-corrected chi connectivity index (χ1v) is 11.5. The van der Waals surface area contributed by atoms with E-state index < -0.39 is 0 Å². The van der Waals surface area contributed by atoms with E-state index >= 15 is 0 Å². The lowest BCUT2D eigenvalue weighted by atomic mass is 9.87. The second-order valence-electron chi connectivity index (χ2n) is 8.45. The van der Waals surface area contributed by atoms with Crippen molar-refractivity contribution in [3.05, 3.63) is 82.7 Å². The zero-order chi connectivity index (χ0) is 23.9. The molecule has 0 saturated heterocycles. The molecule has 1 aromatic heterocycles. The first-order chi connectivity index (χ1) is 16.6. The molecule has 7 heteroatoms. The molecule has 0 spiro atoms. The fourth-order valence-corrected chi connectivity index (χ4v) is 4.70. The summed E-state index contributed by atoms with van der Waals surface area (Å²) in [6.45, 7) is 1.93. The zero-order valence-electron chi connectivity index (χ0n) is 19.6. The van der Waals surface area contributed by atoms with Gasteiger partial charge in [0, 0.05) is 12.7 Å². The van der Waals surface area contributed by atoms with Crippen LogP contribution in [0.15, 0.2) is 59.9 Å². The van der Waals surface area contributed by atoms with Crippen LogP contribution >= 0.6 is 0 Å². The number of hydrogen-bond donors (Lipinski definition) is 2. The Labute approximate surface area is 200 Å². The van der Waals surface area contributed by atoms with Crippen molar-refractivity contribution >= 4 is 6.21 Å². The Hall–Kier alpha value is -3.58. The molecular weight excluding hydrogens is 430 g/mol. The van der Waals surface area contributed by atoms with Gasteiger partial charge in [-0.25, -0.2) is 0 Å². The predicted octanol–water partition coefficient (Wildman–Crippen LogP) is 4.58. The van der Waals surface area contributed by atoms with Crippen molar-refractivity contribution in [1.29, 1.82) is 0 Å². The third-order valence-corrected chi connectivity index (χ3v) is 6.38. The van der Waals surface area contributed by atoms with Crippen molar-refractivity contribution in [2.24, 2.45) is 5.16 Å². The average molecular weight is 462 g/mol. The summed E-state index contributed by atoms with van der Waals surface area (Å²) in [6, 6.07) is 16.7. The summed E-state index contributed by atoms with van der Waals surface area (Å²) in [4.78, 5) is 6.69. The van der Waals surface area contributed by atoms with Crippen molar-refractivity contribution in [3.63, 3.8) is 0 Å². The molecule has 178 valence electrons. The van der Waals surface area contributed by atoms with Crippen LogP contribution in [0.3, 0.4) is 0 Å². The van der Waals surface area contributed by atoms with Gasteiger partial charge in [-0.15, -0.1) is 0 Å². The second kappa shape index (κ2) is 11.0. The van der Waals surface area contributed by atoms with Crippen LogP contribution in [0.25, 0.3) is 0 Å². The number of pyridine rings is 1. The molecule has 1 aliphatic rings. The molecule has 1 unspecified atom stereocenters. The first-order valence-electron chi connectivity index (χ1n) is 11.5. The quantitative estimate of drug-likeness (QED) is 0.210. The SMILES string of the molecule is COc1cc2c(cc1OC)C(c1ccccc1)N(CCCCc1cnc(/C=N/O)c(O)c1)CC2. The highest BCUT2D eigenvalue weighted by Gasteiger charge is 2.30. The fourth-order valence-electron chi connectivity index (χ4n) is 4.70. The number of rotatable bonds is 9. The van der Waals surface area contributed by atoms with Crippen molar-refractivity contribution in [3.8, 4) is 17.2 Å². The predicted molar refractivity (Wildman–Crippen MR) is 131 cm³/mol. The van der Waals surface area contributed by atoms with Crippen LogP contribution in [0.2, 0.25) is 0 Å². The van der Waals surface area contributed by atoms with E-state index in [0.717, 1.165) is 62.0 Å². The highest BCUT2D eigenvalue weighted by Crippen LogP contribution is 2.41. The van der Waals surface area contributed by atoms with E-state index in [1.54, 1.807) is 26.5 Å². The smallest absolute Gasteiger partial charge is 0.161 e. The van der Waals surface area contributed by atoms with Crippen molar-refractivity contribution in [1.82, 2.24) is 9.88 Å². The van der Waals surface area contributed by atoms with Gasteiger partial charge in [-0.3, -0.25) is 9.88 Å². The van der Waals surface area contributed by atoms with Crippen LogP contribution in [-0.4, -0.2) is 53.7 Å². The van der Waals surface area contributed by atoms with Gasteiger partial charge in [-0.05, 0) is 72.7 Å². The van der Waals surface area contributed by atoms with Gasteiger partial charge in [-0.2, -0.15) is 0 Å². The normalized spacial score (nSPS) is 15.9. The maximum atomic E-state index is 10.0. The van der Waals surface area contributed by atoms with Crippen LogP contribution < -0.4 is 9.47 Å². The molecule has 3 aromatic rings. The third kappa shape index (κ3) is 5.15. The summed E-state index contributed by atoms with van der Waals surface area (Å²) in [5.41, 5.74) is 5.07. The lowest BCUT2D eigenvalue weighted by Gasteiger charge is -2.38. The van der Waals surface area contributed by atoms with Gasteiger partial charge in [-0.1, -0.05) is 35.5 Å². The van der Waals surface area contributed by atoms with Gasteiger partial charge in [0.1, 0.15) is 11.4 Å².